The van der Waals surface area contributed by atoms with Crippen LogP contribution in [0.5, 0.6) is 11.5 Å². The minimum Gasteiger partial charge on any atom is -0.490 e. The van der Waals surface area contributed by atoms with Gasteiger partial charge in [-0.25, -0.2) is 5.43 Å². The molecular formula is C22H22N2O3S. The van der Waals surface area contributed by atoms with Crippen LogP contribution in [0.25, 0.3) is 0 Å². The predicted molar refractivity (Wildman–Crippen MR) is 112 cm³/mol. The lowest BCUT2D eigenvalue weighted by Gasteiger charge is -2.12. The van der Waals surface area contributed by atoms with Gasteiger partial charge in [0.2, 0.25) is 5.91 Å². The second kappa shape index (κ2) is 10.3. The summed E-state index contributed by atoms with van der Waals surface area (Å²) in [6, 6.07) is 19.4. The van der Waals surface area contributed by atoms with Crippen LogP contribution in [0.2, 0.25) is 0 Å². The first-order chi connectivity index (χ1) is 13.7. The van der Waals surface area contributed by atoms with Crippen molar-refractivity contribution in [3.63, 3.8) is 0 Å². The molecule has 0 aliphatic heterocycles. The van der Waals surface area contributed by atoms with Crippen molar-refractivity contribution in [3.8, 4) is 11.5 Å². The van der Waals surface area contributed by atoms with E-state index in [9.17, 15) is 4.79 Å². The lowest BCUT2D eigenvalue weighted by Crippen LogP contribution is -2.19. The monoisotopic (exact) mass is 394 g/mol. The summed E-state index contributed by atoms with van der Waals surface area (Å²) < 4.78 is 11.6. The van der Waals surface area contributed by atoms with Gasteiger partial charge in [0.05, 0.1) is 19.2 Å². The zero-order valence-electron chi connectivity index (χ0n) is 15.6. The summed E-state index contributed by atoms with van der Waals surface area (Å²) in [6.07, 6.45) is 1.92. The maximum absolute atomic E-state index is 11.9. The molecule has 0 atom stereocenters. The van der Waals surface area contributed by atoms with E-state index in [1.54, 1.807) is 17.6 Å². The molecule has 0 bridgehead atoms. The van der Waals surface area contributed by atoms with E-state index < -0.39 is 0 Å². The molecule has 0 fully saturated rings. The highest BCUT2D eigenvalue weighted by atomic mass is 32.1. The highest BCUT2D eigenvalue weighted by Crippen LogP contribution is 2.28. The first-order valence-electron chi connectivity index (χ1n) is 9.02. The molecule has 144 valence electrons. The van der Waals surface area contributed by atoms with Gasteiger partial charge in [-0.15, -0.1) is 11.3 Å². The maximum atomic E-state index is 11.9. The average Bonchev–Trinajstić information content (AvgIpc) is 3.21. The van der Waals surface area contributed by atoms with E-state index in [4.69, 9.17) is 9.47 Å². The number of ether oxygens (including phenoxy) is 2. The molecule has 1 N–H and O–H groups in total. The summed E-state index contributed by atoms with van der Waals surface area (Å²) in [5.74, 6) is 1.17. The summed E-state index contributed by atoms with van der Waals surface area (Å²) >= 11 is 1.55. The van der Waals surface area contributed by atoms with Gasteiger partial charge in [-0.05, 0) is 47.7 Å². The molecule has 0 saturated carbocycles. The minimum absolute atomic E-state index is 0.147. The third kappa shape index (κ3) is 5.96. The SMILES string of the molecule is CCOc1cc(/C=N\NC(=O)Cc2cccs2)ccc1OCc1ccccc1. The van der Waals surface area contributed by atoms with Crippen molar-refractivity contribution >= 4 is 23.5 Å². The topological polar surface area (TPSA) is 59.9 Å². The fourth-order valence-electron chi connectivity index (χ4n) is 2.52. The van der Waals surface area contributed by atoms with E-state index >= 15 is 0 Å². The molecule has 0 spiro atoms. The Morgan fingerprint density at radius 3 is 2.68 bits per heavy atom. The van der Waals surface area contributed by atoms with Crippen LogP contribution in [0, 0.1) is 0 Å². The van der Waals surface area contributed by atoms with Crippen LogP contribution in [-0.4, -0.2) is 18.7 Å². The van der Waals surface area contributed by atoms with E-state index in [1.165, 1.54) is 0 Å². The molecule has 0 saturated heterocycles. The van der Waals surface area contributed by atoms with Crippen LogP contribution in [-0.2, 0) is 17.8 Å². The number of nitrogens with one attached hydrogen (secondary N) is 1. The molecule has 6 heteroatoms. The summed E-state index contributed by atoms with van der Waals surface area (Å²) in [7, 11) is 0. The number of thiophene rings is 1. The van der Waals surface area contributed by atoms with Gasteiger partial charge < -0.3 is 9.47 Å². The van der Waals surface area contributed by atoms with Crippen LogP contribution in [0.15, 0.2) is 71.1 Å². The van der Waals surface area contributed by atoms with Crippen molar-refractivity contribution < 1.29 is 14.3 Å². The normalized spacial score (nSPS) is 10.8. The molecule has 2 aromatic carbocycles. The number of hydrogen-bond acceptors (Lipinski definition) is 5. The molecule has 28 heavy (non-hydrogen) atoms. The molecule has 0 unspecified atom stereocenters. The maximum Gasteiger partial charge on any atom is 0.245 e. The minimum atomic E-state index is -0.147. The van der Waals surface area contributed by atoms with E-state index in [1.807, 2.05) is 73.0 Å². The standard InChI is InChI=1S/C22H22N2O3S/c1-2-26-21-13-18(15-23-24-22(25)14-19-9-6-12-28-19)10-11-20(21)27-16-17-7-4-3-5-8-17/h3-13,15H,2,14,16H2,1H3,(H,24,25)/b23-15-. The molecule has 0 radical (unpaired) electrons. The van der Waals surface area contributed by atoms with Crippen molar-refractivity contribution in [2.24, 2.45) is 5.10 Å². The van der Waals surface area contributed by atoms with Gasteiger partial charge >= 0.3 is 0 Å². The Labute approximate surface area is 168 Å². The summed E-state index contributed by atoms with van der Waals surface area (Å²) in [5.41, 5.74) is 4.45. The van der Waals surface area contributed by atoms with E-state index in [0.29, 0.717) is 31.1 Å². The van der Waals surface area contributed by atoms with E-state index in [0.717, 1.165) is 16.0 Å². The highest BCUT2D eigenvalue weighted by molar-refractivity contribution is 7.10. The summed E-state index contributed by atoms with van der Waals surface area (Å²) in [4.78, 5) is 12.9. The molecule has 3 rings (SSSR count). The quantitative estimate of drug-likeness (QED) is 0.432. The second-order valence-electron chi connectivity index (χ2n) is 5.96. The van der Waals surface area contributed by atoms with Gasteiger partial charge in [0, 0.05) is 4.88 Å². The Bertz CT molecular complexity index is 909. The fourth-order valence-corrected chi connectivity index (χ4v) is 3.22. The molecular weight excluding hydrogens is 372 g/mol. The zero-order valence-corrected chi connectivity index (χ0v) is 16.4. The number of carbonyl (C=O) groups excluding carboxylic acids is 1. The van der Waals surface area contributed by atoms with E-state index in [-0.39, 0.29) is 5.91 Å². The smallest absolute Gasteiger partial charge is 0.245 e. The van der Waals surface area contributed by atoms with Gasteiger partial charge in [-0.3, -0.25) is 4.79 Å². The second-order valence-corrected chi connectivity index (χ2v) is 7.00. The van der Waals surface area contributed by atoms with Crippen LogP contribution < -0.4 is 14.9 Å². The van der Waals surface area contributed by atoms with Crippen LogP contribution in [0.4, 0.5) is 0 Å². The van der Waals surface area contributed by atoms with E-state index in [2.05, 4.69) is 10.5 Å². The highest BCUT2D eigenvalue weighted by Gasteiger charge is 2.07. The Balaban J connectivity index is 1.60. The number of hydrogen-bond donors (Lipinski definition) is 1. The van der Waals surface area contributed by atoms with Crippen molar-refractivity contribution in [2.45, 2.75) is 20.0 Å². The van der Waals surface area contributed by atoms with Gasteiger partial charge in [0.25, 0.3) is 0 Å². The predicted octanol–water partition coefficient (Wildman–Crippen LogP) is 4.42. The number of hydrazone groups is 1. The largest absolute Gasteiger partial charge is 0.490 e. The Hall–Kier alpha value is -3.12. The number of rotatable bonds is 9. The van der Waals surface area contributed by atoms with Gasteiger partial charge in [-0.1, -0.05) is 36.4 Å². The lowest BCUT2D eigenvalue weighted by molar-refractivity contribution is -0.120. The molecule has 0 aliphatic rings. The molecule has 0 aliphatic carbocycles. The van der Waals surface area contributed by atoms with Gasteiger partial charge in [0.15, 0.2) is 11.5 Å². The molecule has 1 heterocycles. The number of benzene rings is 2. The first kappa shape index (κ1) is 19.6. The van der Waals surface area contributed by atoms with Gasteiger partial charge in [0.1, 0.15) is 6.61 Å². The van der Waals surface area contributed by atoms with Crippen molar-refractivity contribution in [2.75, 3.05) is 6.61 Å². The third-order valence-corrected chi connectivity index (χ3v) is 4.70. The van der Waals surface area contributed by atoms with Crippen LogP contribution >= 0.6 is 11.3 Å². The van der Waals surface area contributed by atoms with Crippen LogP contribution in [0.1, 0.15) is 22.9 Å². The fraction of sp³-hybridized carbons (Fsp3) is 0.182. The van der Waals surface area contributed by atoms with Gasteiger partial charge in [-0.2, -0.15) is 5.10 Å². The van der Waals surface area contributed by atoms with Crippen LogP contribution in [0.3, 0.4) is 0 Å². The summed E-state index contributed by atoms with van der Waals surface area (Å²) in [6.45, 7) is 2.92. The van der Waals surface area contributed by atoms with Crippen molar-refractivity contribution in [1.82, 2.24) is 5.43 Å². The lowest BCUT2D eigenvalue weighted by atomic mass is 10.2. The molecule has 1 aromatic heterocycles. The number of nitrogens with zero attached hydrogens (tertiary/aromatic N) is 1. The third-order valence-electron chi connectivity index (χ3n) is 3.82. The first-order valence-corrected chi connectivity index (χ1v) is 9.90. The number of carbonyl (C=O) groups is 1. The molecule has 5 nitrogen and oxygen atoms in total. The van der Waals surface area contributed by atoms with Crippen molar-refractivity contribution in [3.05, 3.63) is 82.0 Å². The van der Waals surface area contributed by atoms with Crippen molar-refractivity contribution in [1.29, 1.82) is 0 Å². The molecule has 1 amide bonds. The Morgan fingerprint density at radius 1 is 1.07 bits per heavy atom. The average molecular weight is 394 g/mol. The molecule has 3 aromatic rings. The Morgan fingerprint density at radius 2 is 1.93 bits per heavy atom. The summed E-state index contributed by atoms with van der Waals surface area (Å²) in [5, 5.41) is 5.98. The Kier molecular flexibility index (Phi) is 7.21. The number of amides is 1. The zero-order chi connectivity index (χ0) is 19.6.